The van der Waals surface area contributed by atoms with Crippen LogP contribution in [0.15, 0.2) is 29.3 Å². The van der Waals surface area contributed by atoms with Crippen LogP contribution in [0.25, 0.3) is 0 Å². The lowest BCUT2D eigenvalue weighted by molar-refractivity contribution is 0.555. The molecule has 0 radical (unpaired) electrons. The number of aromatic nitrogens is 2. The number of hydrogen-bond donors (Lipinski definition) is 2. The summed E-state index contributed by atoms with van der Waals surface area (Å²) in [6, 6.07) is 8.63. The van der Waals surface area contributed by atoms with E-state index in [1.807, 2.05) is 6.92 Å². The monoisotopic (exact) mass is 498 g/mol. The van der Waals surface area contributed by atoms with Crippen molar-refractivity contribution in [1.82, 2.24) is 20.4 Å². The number of halogens is 1. The molecule has 0 aliphatic rings. The molecule has 6 nitrogen and oxygen atoms in total. The Bertz CT molecular complexity index is 766. The molecule has 0 unspecified atom stereocenters. The second-order valence-electron chi connectivity index (χ2n) is 7.13. The number of hydrogen-bond acceptors (Lipinski definition) is 3. The van der Waals surface area contributed by atoms with Crippen molar-refractivity contribution >= 4 is 35.6 Å². The molecule has 0 bridgehead atoms. The van der Waals surface area contributed by atoms with E-state index < -0.39 is 0 Å². The van der Waals surface area contributed by atoms with Crippen molar-refractivity contribution in [2.45, 2.75) is 47.2 Å². The fraction of sp³-hybridized carbons (Fsp3) is 0.524. The van der Waals surface area contributed by atoms with Gasteiger partial charge < -0.3 is 15.5 Å². The first-order chi connectivity index (χ1) is 12.9. The zero-order valence-electron chi connectivity index (χ0n) is 18.0. The maximum Gasteiger partial charge on any atom is 0.191 e. The normalized spacial score (nSPS) is 11.1. The lowest BCUT2D eigenvalue weighted by Crippen LogP contribution is -2.38. The maximum atomic E-state index is 4.74. The van der Waals surface area contributed by atoms with Gasteiger partial charge in [-0.15, -0.1) is 24.0 Å². The second kappa shape index (κ2) is 11.9. The standard InChI is InChI=1S/C21H34N6.HI/c1-7-22-21(23-11-8-12-27-18(4)14-17(3)25-27)24-15-19-9-10-20(26(5)6)13-16(19)2;/h9-10,13-14H,7-8,11-12,15H2,1-6H3,(H2,22,23,24);1H. The molecule has 1 aromatic carbocycles. The van der Waals surface area contributed by atoms with Crippen LogP contribution in [0.2, 0.25) is 0 Å². The van der Waals surface area contributed by atoms with E-state index in [0.29, 0.717) is 6.54 Å². The molecule has 7 heteroatoms. The molecule has 1 aromatic heterocycles. The van der Waals surface area contributed by atoms with E-state index in [4.69, 9.17) is 4.99 Å². The molecule has 2 aromatic rings. The van der Waals surface area contributed by atoms with Crippen molar-refractivity contribution in [3.63, 3.8) is 0 Å². The zero-order valence-corrected chi connectivity index (χ0v) is 20.4. The molecule has 2 N–H and O–H groups in total. The fourth-order valence-electron chi connectivity index (χ4n) is 2.98. The van der Waals surface area contributed by atoms with Crippen molar-refractivity contribution in [3.05, 3.63) is 46.8 Å². The molecule has 0 saturated carbocycles. The Kier molecular flexibility index (Phi) is 10.3. The SMILES string of the molecule is CCNC(=NCc1ccc(N(C)C)cc1C)NCCCn1nc(C)cc1C.I. The third kappa shape index (κ3) is 7.33. The Balaban J connectivity index is 0.00000392. The largest absolute Gasteiger partial charge is 0.378 e. The predicted molar refractivity (Wildman–Crippen MR) is 130 cm³/mol. The summed E-state index contributed by atoms with van der Waals surface area (Å²) in [6.45, 7) is 11.7. The Morgan fingerprint density at radius 1 is 1.14 bits per heavy atom. The van der Waals surface area contributed by atoms with E-state index in [9.17, 15) is 0 Å². The van der Waals surface area contributed by atoms with Crippen LogP contribution < -0.4 is 15.5 Å². The fourth-order valence-corrected chi connectivity index (χ4v) is 2.98. The molecule has 0 spiro atoms. The van der Waals surface area contributed by atoms with Gasteiger partial charge in [0.2, 0.25) is 0 Å². The van der Waals surface area contributed by atoms with Gasteiger partial charge in [0.15, 0.2) is 5.96 Å². The van der Waals surface area contributed by atoms with Gasteiger partial charge in [-0.05, 0) is 63.4 Å². The van der Waals surface area contributed by atoms with E-state index in [2.05, 4.69) is 84.4 Å². The number of nitrogens with zero attached hydrogens (tertiary/aromatic N) is 4. The molecule has 0 atom stereocenters. The maximum absolute atomic E-state index is 4.74. The molecule has 0 aliphatic heterocycles. The summed E-state index contributed by atoms with van der Waals surface area (Å²) in [6.07, 6.45) is 1.00. The van der Waals surface area contributed by atoms with Crippen LogP contribution in [-0.2, 0) is 13.1 Å². The first-order valence-electron chi connectivity index (χ1n) is 9.70. The minimum Gasteiger partial charge on any atom is -0.378 e. The van der Waals surface area contributed by atoms with Crippen LogP contribution in [0.1, 0.15) is 35.9 Å². The van der Waals surface area contributed by atoms with Crippen LogP contribution >= 0.6 is 24.0 Å². The second-order valence-corrected chi connectivity index (χ2v) is 7.13. The summed E-state index contributed by atoms with van der Waals surface area (Å²) >= 11 is 0. The molecule has 156 valence electrons. The van der Waals surface area contributed by atoms with Crippen molar-refractivity contribution in [1.29, 1.82) is 0 Å². The average molecular weight is 498 g/mol. The van der Waals surface area contributed by atoms with E-state index in [-0.39, 0.29) is 24.0 Å². The molecular formula is C21H35IN6. The van der Waals surface area contributed by atoms with Gasteiger partial charge in [-0.25, -0.2) is 4.99 Å². The van der Waals surface area contributed by atoms with Crippen molar-refractivity contribution in [2.24, 2.45) is 4.99 Å². The number of guanidine groups is 1. The van der Waals surface area contributed by atoms with Crippen molar-refractivity contribution in [3.8, 4) is 0 Å². The highest BCUT2D eigenvalue weighted by Gasteiger charge is 2.04. The lowest BCUT2D eigenvalue weighted by Gasteiger charge is -2.15. The van der Waals surface area contributed by atoms with Crippen LogP contribution in [0, 0.1) is 20.8 Å². The summed E-state index contributed by atoms with van der Waals surface area (Å²) < 4.78 is 2.07. The molecule has 0 aliphatic carbocycles. The molecule has 2 rings (SSSR count). The van der Waals surface area contributed by atoms with E-state index in [1.54, 1.807) is 0 Å². The molecule has 0 amide bonds. The summed E-state index contributed by atoms with van der Waals surface area (Å²) in [4.78, 5) is 6.86. The zero-order chi connectivity index (χ0) is 19.8. The number of aliphatic imine (C=N–C) groups is 1. The van der Waals surface area contributed by atoms with Gasteiger partial charge in [0.25, 0.3) is 0 Å². The van der Waals surface area contributed by atoms with Crippen LogP contribution in [0.3, 0.4) is 0 Å². The highest BCUT2D eigenvalue weighted by atomic mass is 127. The summed E-state index contributed by atoms with van der Waals surface area (Å²) in [7, 11) is 4.12. The third-order valence-corrected chi connectivity index (χ3v) is 4.54. The molecule has 1 heterocycles. The minimum atomic E-state index is 0. The molecule has 0 fully saturated rings. The predicted octanol–water partition coefficient (Wildman–Crippen LogP) is 3.64. The van der Waals surface area contributed by atoms with Gasteiger partial charge >= 0.3 is 0 Å². The van der Waals surface area contributed by atoms with Gasteiger partial charge in [0.05, 0.1) is 12.2 Å². The Morgan fingerprint density at radius 3 is 2.46 bits per heavy atom. The first kappa shape index (κ1) is 24.3. The molecule has 0 saturated heterocycles. The summed E-state index contributed by atoms with van der Waals surface area (Å²) in [5.41, 5.74) is 6.02. The highest BCUT2D eigenvalue weighted by molar-refractivity contribution is 14.0. The Hall–Kier alpha value is -1.77. The first-order valence-corrected chi connectivity index (χ1v) is 9.70. The van der Waals surface area contributed by atoms with Crippen LogP contribution in [0.4, 0.5) is 5.69 Å². The van der Waals surface area contributed by atoms with Crippen molar-refractivity contribution in [2.75, 3.05) is 32.1 Å². The Labute approximate surface area is 186 Å². The van der Waals surface area contributed by atoms with Gasteiger partial charge in [0.1, 0.15) is 0 Å². The highest BCUT2D eigenvalue weighted by Crippen LogP contribution is 2.17. The van der Waals surface area contributed by atoms with Crippen LogP contribution in [-0.4, -0.2) is 42.9 Å². The number of benzene rings is 1. The smallest absolute Gasteiger partial charge is 0.191 e. The van der Waals surface area contributed by atoms with E-state index in [0.717, 1.165) is 37.7 Å². The van der Waals surface area contributed by atoms with Gasteiger partial charge in [-0.1, -0.05) is 6.07 Å². The average Bonchev–Trinajstić information content (AvgIpc) is 2.94. The van der Waals surface area contributed by atoms with E-state index >= 15 is 0 Å². The number of nitrogens with one attached hydrogen (secondary N) is 2. The lowest BCUT2D eigenvalue weighted by atomic mass is 10.1. The third-order valence-electron chi connectivity index (χ3n) is 4.54. The number of rotatable bonds is 8. The van der Waals surface area contributed by atoms with Crippen LogP contribution in [0.5, 0.6) is 0 Å². The Morgan fingerprint density at radius 2 is 1.89 bits per heavy atom. The number of aryl methyl sites for hydroxylation is 4. The topological polar surface area (TPSA) is 57.5 Å². The van der Waals surface area contributed by atoms with E-state index in [1.165, 1.54) is 22.5 Å². The number of anilines is 1. The quantitative estimate of drug-likeness (QED) is 0.253. The summed E-state index contributed by atoms with van der Waals surface area (Å²) in [5.74, 6) is 0.863. The molecule has 28 heavy (non-hydrogen) atoms. The van der Waals surface area contributed by atoms with Crippen molar-refractivity contribution < 1.29 is 0 Å². The van der Waals surface area contributed by atoms with Gasteiger partial charge in [-0.3, -0.25) is 4.68 Å². The summed E-state index contributed by atoms with van der Waals surface area (Å²) in [5, 5.41) is 11.3. The van der Waals surface area contributed by atoms with Gasteiger partial charge in [-0.2, -0.15) is 5.10 Å². The minimum absolute atomic E-state index is 0. The van der Waals surface area contributed by atoms with Gasteiger partial charge in [0, 0.05) is 45.1 Å². The molecular weight excluding hydrogens is 463 g/mol.